The Morgan fingerprint density at radius 3 is 2.74 bits per heavy atom. The van der Waals surface area contributed by atoms with Gasteiger partial charge in [-0.05, 0) is 11.8 Å². The quantitative estimate of drug-likeness (QED) is 0.787. The number of nitrogens with zero attached hydrogens (tertiary/aromatic N) is 5. The Kier molecular flexibility index (Phi) is 4.07. The van der Waals surface area contributed by atoms with Crippen LogP contribution in [0.4, 0.5) is 5.82 Å². The van der Waals surface area contributed by atoms with E-state index in [0.29, 0.717) is 0 Å². The molecule has 0 aliphatic rings. The van der Waals surface area contributed by atoms with Crippen molar-refractivity contribution >= 4 is 11.5 Å². The third-order valence-electron chi connectivity index (χ3n) is 4.09. The Labute approximate surface area is 136 Å². The molecule has 23 heavy (non-hydrogen) atoms. The van der Waals surface area contributed by atoms with Gasteiger partial charge < -0.3 is 9.88 Å². The van der Waals surface area contributed by atoms with Crippen LogP contribution in [0.3, 0.4) is 0 Å². The van der Waals surface area contributed by atoms with Gasteiger partial charge in [0.2, 0.25) is 0 Å². The minimum atomic E-state index is 0.0827. The number of hydrogen-bond donors (Lipinski definition) is 1. The van der Waals surface area contributed by atoms with Crippen molar-refractivity contribution in [1.29, 1.82) is 0 Å². The smallest absolute Gasteiger partial charge is 0.157 e. The Morgan fingerprint density at radius 2 is 2.09 bits per heavy atom. The average molecular weight is 312 g/mol. The number of anilines is 1. The Balaban J connectivity index is 1.94. The molecule has 0 aromatic carbocycles. The summed E-state index contributed by atoms with van der Waals surface area (Å²) in [6, 6.07) is 4.26. The summed E-state index contributed by atoms with van der Waals surface area (Å²) in [7, 11) is 0. The molecule has 0 aliphatic heterocycles. The second-order valence-electron chi connectivity index (χ2n) is 6.91. The van der Waals surface area contributed by atoms with Crippen LogP contribution in [-0.4, -0.2) is 30.2 Å². The van der Waals surface area contributed by atoms with E-state index in [0.717, 1.165) is 30.1 Å². The summed E-state index contributed by atoms with van der Waals surface area (Å²) < 4.78 is 3.97. The van der Waals surface area contributed by atoms with Crippen molar-refractivity contribution in [2.75, 3.05) is 5.32 Å². The van der Waals surface area contributed by atoms with Crippen molar-refractivity contribution in [2.24, 2.45) is 5.41 Å². The predicted octanol–water partition coefficient (Wildman–Crippen LogP) is 3.02. The second kappa shape index (κ2) is 6.02. The largest absolute Gasteiger partial charge is 0.365 e. The van der Waals surface area contributed by atoms with Crippen LogP contribution in [0.2, 0.25) is 0 Å². The summed E-state index contributed by atoms with van der Waals surface area (Å²) in [4.78, 5) is 8.75. The van der Waals surface area contributed by atoms with Gasteiger partial charge in [-0.1, -0.05) is 27.7 Å². The van der Waals surface area contributed by atoms with E-state index in [4.69, 9.17) is 0 Å². The van der Waals surface area contributed by atoms with Crippen molar-refractivity contribution in [2.45, 2.75) is 46.7 Å². The lowest BCUT2D eigenvalue weighted by Gasteiger charge is -2.32. The van der Waals surface area contributed by atoms with Crippen LogP contribution in [0.1, 0.15) is 33.4 Å². The Hall–Kier alpha value is -2.37. The Bertz CT molecular complexity index is 766. The summed E-state index contributed by atoms with van der Waals surface area (Å²) >= 11 is 0. The number of fused-ring (bicyclic) bond motifs is 1. The van der Waals surface area contributed by atoms with Crippen molar-refractivity contribution < 1.29 is 0 Å². The van der Waals surface area contributed by atoms with Crippen LogP contribution in [0.5, 0.6) is 0 Å². The third kappa shape index (κ3) is 3.36. The first-order valence-electron chi connectivity index (χ1n) is 8.03. The number of nitrogens with one attached hydrogen (secondary N) is 1. The van der Waals surface area contributed by atoms with Gasteiger partial charge in [-0.25, -0.2) is 9.97 Å². The molecule has 3 aromatic heterocycles. The van der Waals surface area contributed by atoms with Gasteiger partial charge >= 0.3 is 0 Å². The molecule has 3 heterocycles. The highest BCUT2D eigenvalue weighted by atomic mass is 15.3. The summed E-state index contributed by atoms with van der Waals surface area (Å²) in [6.45, 7) is 9.68. The SMILES string of the molecule is CCc1cc(NC(Cn2ccnc2)C(C)(C)C)n2nccc2n1. The molecule has 0 aliphatic carbocycles. The molecule has 0 amide bonds. The summed E-state index contributed by atoms with van der Waals surface area (Å²) in [5.74, 6) is 0.983. The molecule has 3 aromatic rings. The monoisotopic (exact) mass is 312 g/mol. The molecule has 1 unspecified atom stereocenters. The molecule has 1 atom stereocenters. The van der Waals surface area contributed by atoms with Crippen LogP contribution < -0.4 is 5.32 Å². The van der Waals surface area contributed by atoms with Gasteiger partial charge in [0, 0.05) is 36.8 Å². The van der Waals surface area contributed by atoms with Gasteiger partial charge in [0.05, 0.1) is 18.6 Å². The van der Waals surface area contributed by atoms with E-state index < -0.39 is 0 Å². The molecule has 0 saturated heterocycles. The van der Waals surface area contributed by atoms with E-state index in [1.165, 1.54) is 0 Å². The maximum absolute atomic E-state index is 4.60. The van der Waals surface area contributed by atoms with Crippen molar-refractivity contribution in [3.63, 3.8) is 0 Å². The number of rotatable bonds is 5. The summed E-state index contributed by atoms with van der Waals surface area (Å²) in [5.41, 5.74) is 2.03. The van der Waals surface area contributed by atoms with Gasteiger partial charge in [0.1, 0.15) is 5.82 Å². The fraction of sp³-hybridized carbons (Fsp3) is 0.471. The number of aryl methyl sites for hydroxylation is 1. The molecule has 0 saturated carbocycles. The first-order chi connectivity index (χ1) is 11.0. The molecule has 0 spiro atoms. The third-order valence-corrected chi connectivity index (χ3v) is 4.09. The van der Waals surface area contributed by atoms with E-state index in [1.807, 2.05) is 29.3 Å². The summed E-state index contributed by atoms with van der Waals surface area (Å²) in [6.07, 6.45) is 8.35. The van der Waals surface area contributed by atoms with Gasteiger partial charge in [0.25, 0.3) is 0 Å². The standard InChI is InChI=1S/C17H24N6/c1-5-13-10-16(23-15(20-13)6-7-19-23)21-14(17(2,3)4)11-22-9-8-18-12-22/h6-10,12,14,21H,5,11H2,1-4H3. The fourth-order valence-electron chi connectivity index (χ4n) is 2.57. The highest BCUT2D eigenvalue weighted by Gasteiger charge is 2.26. The van der Waals surface area contributed by atoms with E-state index in [1.54, 1.807) is 6.20 Å². The van der Waals surface area contributed by atoms with E-state index in [2.05, 4.69) is 58.7 Å². The van der Waals surface area contributed by atoms with Crippen molar-refractivity contribution in [3.05, 3.63) is 42.7 Å². The minimum absolute atomic E-state index is 0.0827. The first kappa shape index (κ1) is 15.5. The van der Waals surface area contributed by atoms with Gasteiger partial charge in [-0.3, -0.25) is 0 Å². The normalized spacial score (nSPS) is 13.4. The van der Waals surface area contributed by atoms with Crippen LogP contribution in [0.25, 0.3) is 5.65 Å². The summed E-state index contributed by atoms with van der Waals surface area (Å²) in [5, 5.41) is 8.07. The lowest BCUT2D eigenvalue weighted by molar-refractivity contribution is 0.310. The molecule has 122 valence electrons. The van der Waals surface area contributed by atoms with E-state index >= 15 is 0 Å². The second-order valence-corrected chi connectivity index (χ2v) is 6.91. The molecule has 1 N–H and O–H groups in total. The zero-order valence-corrected chi connectivity index (χ0v) is 14.2. The fourth-order valence-corrected chi connectivity index (χ4v) is 2.57. The minimum Gasteiger partial charge on any atom is -0.365 e. The molecule has 6 nitrogen and oxygen atoms in total. The predicted molar refractivity (Wildman–Crippen MR) is 91.5 cm³/mol. The number of hydrogen-bond acceptors (Lipinski definition) is 4. The molecule has 0 bridgehead atoms. The van der Waals surface area contributed by atoms with Gasteiger partial charge in [-0.15, -0.1) is 0 Å². The molecular formula is C17H24N6. The molecule has 3 rings (SSSR count). The van der Waals surface area contributed by atoms with Crippen LogP contribution in [0.15, 0.2) is 37.1 Å². The lowest BCUT2D eigenvalue weighted by atomic mass is 9.86. The highest BCUT2D eigenvalue weighted by Crippen LogP contribution is 2.25. The molecular weight excluding hydrogens is 288 g/mol. The zero-order chi connectivity index (χ0) is 16.4. The average Bonchev–Trinajstić information content (AvgIpc) is 3.16. The lowest BCUT2D eigenvalue weighted by Crippen LogP contribution is -2.38. The van der Waals surface area contributed by atoms with Crippen LogP contribution in [-0.2, 0) is 13.0 Å². The number of imidazole rings is 1. The van der Waals surface area contributed by atoms with E-state index in [9.17, 15) is 0 Å². The van der Waals surface area contributed by atoms with Crippen molar-refractivity contribution in [3.8, 4) is 0 Å². The van der Waals surface area contributed by atoms with Crippen LogP contribution >= 0.6 is 0 Å². The van der Waals surface area contributed by atoms with E-state index in [-0.39, 0.29) is 11.5 Å². The first-order valence-corrected chi connectivity index (χ1v) is 8.03. The zero-order valence-electron chi connectivity index (χ0n) is 14.2. The van der Waals surface area contributed by atoms with Gasteiger partial charge in [0.15, 0.2) is 5.65 Å². The molecule has 0 radical (unpaired) electrons. The molecule has 6 heteroatoms. The van der Waals surface area contributed by atoms with Gasteiger partial charge in [-0.2, -0.15) is 9.61 Å². The number of aromatic nitrogens is 5. The maximum atomic E-state index is 4.60. The highest BCUT2D eigenvalue weighted by molar-refractivity contribution is 5.49. The molecule has 0 fully saturated rings. The van der Waals surface area contributed by atoms with Crippen LogP contribution in [0, 0.1) is 5.41 Å². The Morgan fingerprint density at radius 1 is 1.26 bits per heavy atom. The topological polar surface area (TPSA) is 60.0 Å². The maximum Gasteiger partial charge on any atom is 0.157 e. The van der Waals surface area contributed by atoms with Crippen molar-refractivity contribution in [1.82, 2.24) is 24.1 Å².